The number of carbonyl (C=O) groups is 3. The van der Waals surface area contributed by atoms with Gasteiger partial charge in [0.25, 0.3) is 0 Å². The lowest BCUT2D eigenvalue weighted by Gasteiger charge is -2.18. The van der Waals surface area contributed by atoms with Gasteiger partial charge in [0, 0.05) is 19.3 Å². The Bertz CT molecular complexity index is 1470. The van der Waals surface area contributed by atoms with Crippen molar-refractivity contribution >= 4 is 17.9 Å². The molecule has 0 saturated heterocycles. The van der Waals surface area contributed by atoms with Crippen molar-refractivity contribution in [3.05, 3.63) is 109 Å². The lowest BCUT2D eigenvalue weighted by atomic mass is 10.0. The average molecular weight is 1000 g/mol. The highest BCUT2D eigenvalue weighted by molar-refractivity contribution is 5.71. The predicted molar refractivity (Wildman–Crippen MR) is 311 cm³/mol. The summed E-state index contributed by atoms with van der Waals surface area (Å²) >= 11 is 0. The molecule has 0 saturated carbocycles. The van der Waals surface area contributed by atoms with Crippen LogP contribution in [0.3, 0.4) is 0 Å². The Morgan fingerprint density at radius 3 is 0.944 bits per heavy atom. The summed E-state index contributed by atoms with van der Waals surface area (Å²) in [6, 6.07) is 0. The minimum absolute atomic E-state index is 0.105. The van der Waals surface area contributed by atoms with Crippen molar-refractivity contribution in [2.45, 2.75) is 277 Å². The van der Waals surface area contributed by atoms with Crippen LogP contribution in [-0.4, -0.2) is 37.2 Å². The van der Waals surface area contributed by atoms with Crippen LogP contribution in [0.5, 0.6) is 0 Å². The first-order chi connectivity index (χ1) is 35.5. The van der Waals surface area contributed by atoms with Crippen molar-refractivity contribution in [2.24, 2.45) is 0 Å². The summed E-state index contributed by atoms with van der Waals surface area (Å²) in [5.41, 5.74) is 0. The molecule has 6 nitrogen and oxygen atoms in total. The molecule has 0 fully saturated rings. The Kier molecular flexibility index (Phi) is 56.4. The van der Waals surface area contributed by atoms with Crippen molar-refractivity contribution in [1.29, 1.82) is 0 Å². The van der Waals surface area contributed by atoms with Crippen LogP contribution in [0, 0.1) is 0 Å². The summed E-state index contributed by atoms with van der Waals surface area (Å²) in [7, 11) is 0. The van der Waals surface area contributed by atoms with Gasteiger partial charge in [-0.15, -0.1) is 0 Å². The van der Waals surface area contributed by atoms with Gasteiger partial charge in [0.05, 0.1) is 0 Å². The van der Waals surface area contributed by atoms with Crippen LogP contribution in [0.1, 0.15) is 271 Å². The van der Waals surface area contributed by atoms with Gasteiger partial charge in [0.15, 0.2) is 6.10 Å². The van der Waals surface area contributed by atoms with Crippen molar-refractivity contribution in [3.63, 3.8) is 0 Å². The van der Waals surface area contributed by atoms with Gasteiger partial charge in [-0.1, -0.05) is 252 Å². The van der Waals surface area contributed by atoms with Crippen LogP contribution in [0.25, 0.3) is 0 Å². The second-order valence-electron chi connectivity index (χ2n) is 19.5. The van der Waals surface area contributed by atoms with Crippen LogP contribution >= 0.6 is 0 Å². The third kappa shape index (κ3) is 57.0. The van der Waals surface area contributed by atoms with Crippen LogP contribution in [-0.2, 0) is 28.6 Å². The van der Waals surface area contributed by atoms with Crippen LogP contribution < -0.4 is 0 Å². The molecule has 0 aliphatic carbocycles. The zero-order valence-corrected chi connectivity index (χ0v) is 46.9. The molecule has 1 atom stereocenters. The molecule has 0 heterocycles. The molecular weight excluding hydrogens is 889 g/mol. The Morgan fingerprint density at radius 1 is 0.292 bits per heavy atom. The molecule has 0 aromatic heterocycles. The molecule has 0 aromatic carbocycles. The summed E-state index contributed by atoms with van der Waals surface area (Å²) in [6.45, 7) is 6.35. The van der Waals surface area contributed by atoms with E-state index >= 15 is 0 Å². The highest BCUT2D eigenvalue weighted by Crippen LogP contribution is 2.15. The van der Waals surface area contributed by atoms with E-state index in [0.29, 0.717) is 19.3 Å². The fourth-order valence-corrected chi connectivity index (χ4v) is 8.09. The second kappa shape index (κ2) is 59.6. The first-order valence-corrected chi connectivity index (χ1v) is 29.9. The van der Waals surface area contributed by atoms with E-state index < -0.39 is 6.10 Å². The van der Waals surface area contributed by atoms with Gasteiger partial charge in [0.1, 0.15) is 13.2 Å². The number of esters is 3. The van der Waals surface area contributed by atoms with Gasteiger partial charge in [-0.25, -0.2) is 0 Å². The maximum absolute atomic E-state index is 12.9. The molecule has 1 unspecified atom stereocenters. The predicted octanol–water partition coefficient (Wildman–Crippen LogP) is 20.3. The maximum Gasteiger partial charge on any atom is 0.306 e. The van der Waals surface area contributed by atoms with Crippen molar-refractivity contribution in [3.8, 4) is 0 Å². The van der Waals surface area contributed by atoms with E-state index in [-0.39, 0.29) is 37.5 Å². The molecule has 0 bridgehead atoms. The van der Waals surface area contributed by atoms with Crippen LogP contribution in [0.4, 0.5) is 0 Å². The molecule has 0 radical (unpaired) electrons. The molecule has 0 aliphatic rings. The van der Waals surface area contributed by atoms with Crippen LogP contribution in [0.15, 0.2) is 109 Å². The molecule has 410 valence electrons. The minimum atomic E-state index is -0.813. The average Bonchev–Trinajstić information content (AvgIpc) is 3.38. The number of rotatable bonds is 53. The fourth-order valence-electron chi connectivity index (χ4n) is 8.09. The van der Waals surface area contributed by atoms with Crippen molar-refractivity contribution in [2.75, 3.05) is 13.2 Å². The van der Waals surface area contributed by atoms with Gasteiger partial charge in [-0.3, -0.25) is 14.4 Å². The molecule has 72 heavy (non-hydrogen) atoms. The second-order valence-corrected chi connectivity index (χ2v) is 19.5. The Hall–Kier alpha value is -3.93. The van der Waals surface area contributed by atoms with Crippen LogP contribution in [0.2, 0.25) is 0 Å². The molecule has 0 spiro atoms. The molecular formula is C66H110O6. The van der Waals surface area contributed by atoms with E-state index in [1.807, 2.05) is 6.08 Å². The third-order valence-corrected chi connectivity index (χ3v) is 12.5. The molecule has 0 aliphatic heterocycles. The quantitative estimate of drug-likeness (QED) is 0.0261. The first kappa shape index (κ1) is 68.1. The maximum atomic E-state index is 12.9. The fraction of sp³-hybridized carbons (Fsp3) is 0.682. The first-order valence-electron chi connectivity index (χ1n) is 29.9. The number of ether oxygens (including phenoxy) is 3. The summed E-state index contributed by atoms with van der Waals surface area (Å²) in [5.74, 6) is -0.997. The highest BCUT2D eigenvalue weighted by Gasteiger charge is 2.19. The smallest absolute Gasteiger partial charge is 0.306 e. The normalized spacial score (nSPS) is 12.9. The number of allylic oxidation sites excluding steroid dienone is 18. The van der Waals surface area contributed by atoms with Gasteiger partial charge < -0.3 is 14.2 Å². The number of hydrogen-bond acceptors (Lipinski definition) is 6. The van der Waals surface area contributed by atoms with E-state index in [9.17, 15) is 14.4 Å². The van der Waals surface area contributed by atoms with E-state index in [1.165, 1.54) is 122 Å². The van der Waals surface area contributed by atoms with Gasteiger partial charge in [-0.2, -0.15) is 0 Å². The standard InChI is InChI=1S/C66H110O6/c1-4-7-10-13-16-19-22-25-27-29-30-31-32-33-34-35-36-37-39-41-44-47-50-53-56-59-65(68)71-62-63(61-70-64(67)58-55-52-49-46-43-40-24-21-18-15-12-9-6-3)72-66(69)60-57-54-51-48-45-42-38-28-26-23-20-17-14-11-8-5-2/h7,9-10,12,16,18-19,21,25,27-28,30-31,38,40,43,49,52,63H,4-6,8,11,13-15,17,20,22-24,26,29,32-37,39,41-42,44-48,50-51,53-62H2,1-3H3/b10-7-,12-9-,19-16-,21-18-,27-25-,31-30-,38-28-,43-40-,52-49-. The van der Waals surface area contributed by atoms with Gasteiger partial charge in [0.2, 0.25) is 0 Å². The lowest BCUT2D eigenvalue weighted by Crippen LogP contribution is -2.30. The molecule has 0 rings (SSSR count). The zero-order chi connectivity index (χ0) is 52.2. The number of carbonyl (C=O) groups excluding carboxylic acids is 3. The van der Waals surface area contributed by atoms with Gasteiger partial charge in [-0.05, 0) is 109 Å². The molecule has 0 aromatic rings. The SMILES string of the molecule is CC/C=C\C/C=C\C/C=C\C/C=C\CCCCCCCCCCCCCCC(=O)OCC(COC(=O)CC/C=C\C/C=C\C/C=C\C/C=C\CC)OC(=O)CCCCCCC/C=C\CCCCCCCCC. The summed E-state index contributed by atoms with van der Waals surface area (Å²) in [5, 5.41) is 0. The van der Waals surface area contributed by atoms with E-state index in [0.717, 1.165) is 103 Å². The topological polar surface area (TPSA) is 78.9 Å². The molecule has 6 heteroatoms. The van der Waals surface area contributed by atoms with Crippen molar-refractivity contribution in [1.82, 2.24) is 0 Å². The van der Waals surface area contributed by atoms with Gasteiger partial charge >= 0.3 is 17.9 Å². The lowest BCUT2D eigenvalue weighted by molar-refractivity contribution is -0.166. The highest BCUT2D eigenvalue weighted by atomic mass is 16.6. The number of hydrogen-bond donors (Lipinski definition) is 0. The summed E-state index contributed by atoms with van der Waals surface area (Å²) in [4.78, 5) is 38.1. The minimum Gasteiger partial charge on any atom is -0.462 e. The number of unbranched alkanes of at least 4 members (excludes halogenated alkanes) is 24. The molecule has 0 amide bonds. The largest absolute Gasteiger partial charge is 0.462 e. The Labute approximate surface area is 444 Å². The van der Waals surface area contributed by atoms with E-state index in [4.69, 9.17) is 14.2 Å². The Balaban J connectivity index is 4.36. The summed E-state index contributed by atoms with van der Waals surface area (Å²) in [6.07, 6.45) is 81.0. The summed E-state index contributed by atoms with van der Waals surface area (Å²) < 4.78 is 16.8. The van der Waals surface area contributed by atoms with E-state index in [1.54, 1.807) is 0 Å². The third-order valence-electron chi connectivity index (χ3n) is 12.5. The van der Waals surface area contributed by atoms with Crippen molar-refractivity contribution < 1.29 is 28.6 Å². The Morgan fingerprint density at radius 2 is 0.569 bits per heavy atom. The molecule has 0 N–H and O–H groups in total. The zero-order valence-electron chi connectivity index (χ0n) is 46.9. The monoisotopic (exact) mass is 999 g/mol. The van der Waals surface area contributed by atoms with E-state index in [2.05, 4.69) is 124 Å².